The van der Waals surface area contributed by atoms with Crippen LogP contribution in [0, 0.1) is 6.92 Å². The number of fused-ring (bicyclic) bond motifs is 2. The predicted molar refractivity (Wildman–Crippen MR) is 140 cm³/mol. The smallest absolute Gasteiger partial charge is 0.296 e. The standard InChI is InChI=1S/C27H25F2N7O3/c1-16-9-17(3-4-21(16)38-18-6-8-36-24(12-18)32-15-34-36)35-26-25-20(31-14-33-26)10-19(37-2)11-22(25)39-23-5-7-30-13-27(23,28)29/h3-4,6,8-12,14-15,23,30H,5,7,13H2,1-2H3,(H,31,33,35). The van der Waals surface area contributed by atoms with Crippen LogP contribution in [0.15, 0.2) is 61.3 Å². The molecule has 0 radical (unpaired) electrons. The second-order valence-electron chi connectivity index (χ2n) is 9.21. The summed E-state index contributed by atoms with van der Waals surface area (Å²) in [4.78, 5) is 12.9. The summed E-state index contributed by atoms with van der Waals surface area (Å²) < 4.78 is 48.2. The Kier molecular flexibility index (Phi) is 6.31. The van der Waals surface area contributed by atoms with Gasteiger partial charge < -0.3 is 24.8 Å². The van der Waals surface area contributed by atoms with Crippen LogP contribution in [0.4, 0.5) is 20.3 Å². The van der Waals surface area contributed by atoms with E-state index in [-0.39, 0.29) is 12.2 Å². The average Bonchev–Trinajstić information content (AvgIpc) is 3.39. The Morgan fingerprint density at radius 2 is 1.92 bits per heavy atom. The fraction of sp³-hybridized carbons (Fsp3) is 0.259. The van der Waals surface area contributed by atoms with Crippen LogP contribution in [0.2, 0.25) is 0 Å². The van der Waals surface area contributed by atoms with E-state index in [0.717, 1.165) is 11.3 Å². The number of ether oxygens (including phenoxy) is 3. The molecule has 6 rings (SSSR count). The van der Waals surface area contributed by atoms with Crippen LogP contribution >= 0.6 is 0 Å². The van der Waals surface area contributed by atoms with E-state index < -0.39 is 18.6 Å². The Morgan fingerprint density at radius 3 is 2.74 bits per heavy atom. The molecular formula is C27H25F2N7O3. The van der Waals surface area contributed by atoms with Gasteiger partial charge in [0.25, 0.3) is 5.92 Å². The summed E-state index contributed by atoms with van der Waals surface area (Å²) in [5.41, 5.74) is 2.77. The number of anilines is 2. The summed E-state index contributed by atoms with van der Waals surface area (Å²) >= 11 is 0. The number of rotatable bonds is 7. The third-order valence-electron chi connectivity index (χ3n) is 6.51. The van der Waals surface area contributed by atoms with Crippen LogP contribution in [-0.2, 0) is 0 Å². The molecule has 1 saturated heterocycles. The Morgan fingerprint density at radius 1 is 1.03 bits per heavy atom. The van der Waals surface area contributed by atoms with Gasteiger partial charge in [-0.3, -0.25) is 0 Å². The average molecular weight is 534 g/mol. The number of nitrogens with zero attached hydrogens (tertiary/aromatic N) is 5. The molecule has 4 heterocycles. The van der Waals surface area contributed by atoms with E-state index in [1.165, 1.54) is 19.8 Å². The maximum absolute atomic E-state index is 14.6. The number of pyridine rings is 1. The number of halogens is 2. The van der Waals surface area contributed by atoms with Gasteiger partial charge in [-0.1, -0.05) is 0 Å². The molecule has 0 saturated carbocycles. The van der Waals surface area contributed by atoms with E-state index in [1.807, 2.05) is 31.2 Å². The fourth-order valence-corrected chi connectivity index (χ4v) is 4.51. The monoisotopic (exact) mass is 533 g/mol. The van der Waals surface area contributed by atoms with Crippen molar-refractivity contribution in [3.05, 3.63) is 66.9 Å². The zero-order valence-electron chi connectivity index (χ0n) is 21.2. The van der Waals surface area contributed by atoms with E-state index in [2.05, 4.69) is 30.7 Å². The summed E-state index contributed by atoms with van der Waals surface area (Å²) in [6.45, 7) is 1.92. The lowest BCUT2D eigenvalue weighted by molar-refractivity contribution is -0.108. The van der Waals surface area contributed by atoms with Crippen molar-refractivity contribution in [2.45, 2.75) is 25.4 Å². The van der Waals surface area contributed by atoms with Crippen molar-refractivity contribution in [2.24, 2.45) is 0 Å². The number of aryl methyl sites for hydroxylation is 1. The van der Waals surface area contributed by atoms with Gasteiger partial charge in [0, 0.05) is 36.5 Å². The quantitative estimate of drug-likeness (QED) is 0.302. The lowest BCUT2D eigenvalue weighted by Crippen LogP contribution is -2.52. The van der Waals surface area contributed by atoms with Crippen LogP contribution in [0.3, 0.4) is 0 Å². The van der Waals surface area contributed by atoms with Gasteiger partial charge in [-0.15, -0.1) is 0 Å². The van der Waals surface area contributed by atoms with Crippen molar-refractivity contribution in [3.8, 4) is 23.0 Å². The number of aromatic nitrogens is 5. The zero-order chi connectivity index (χ0) is 27.0. The zero-order valence-corrected chi connectivity index (χ0v) is 21.2. The van der Waals surface area contributed by atoms with Crippen LogP contribution in [0.1, 0.15) is 12.0 Å². The molecule has 1 aliphatic heterocycles. The van der Waals surface area contributed by atoms with Gasteiger partial charge in [0.1, 0.15) is 41.5 Å². The lowest BCUT2D eigenvalue weighted by Gasteiger charge is -2.32. The normalized spacial score (nSPS) is 16.8. The van der Waals surface area contributed by atoms with Gasteiger partial charge in [0.2, 0.25) is 0 Å². The topological polar surface area (TPSA) is 108 Å². The summed E-state index contributed by atoms with van der Waals surface area (Å²) in [7, 11) is 1.50. The van der Waals surface area contributed by atoms with E-state index in [4.69, 9.17) is 14.2 Å². The van der Waals surface area contributed by atoms with Crippen molar-refractivity contribution in [3.63, 3.8) is 0 Å². The highest BCUT2D eigenvalue weighted by atomic mass is 19.3. The van der Waals surface area contributed by atoms with Crippen molar-refractivity contribution < 1.29 is 23.0 Å². The highest BCUT2D eigenvalue weighted by Gasteiger charge is 2.43. The molecule has 1 fully saturated rings. The number of hydrogen-bond acceptors (Lipinski definition) is 9. The van der Waals surface area contributed by atoms with Gasteiger partial charge in [-0.25, -0.2) is 28.2 Å². The largest absolute Gasteiger partial charge is 0.497 e. The van der Waals surface area contributed by atoms with Crippen molar-refractivity contribution >= 4 is 28.1 Å². The Hall–Kier alpha value is -4.58. The minimum absolute atomic E-state index is 0.160. The second-order valence-corrected chi connectivity index (χ2v) is 9.21. The number of hydrogen-bond donors (Lipinski definition) is 2. The summed E-state index contributed by atoms with van der Waals surface area (Å²) in [6, 6.07) is 12.5. The molecule has 5 aromatic rings. The van der Waals surface area contributed by atoms with Crippen LogP contribution < -0.4 is 24.8 Å². The molecule has 200 valence electrons. The van der Waals surface area contributed by atoms with E-state index in [1.54, 1.807) is 28.9 Å². The first-order valence-corrected chi connectivity index (χ1v) is 12.3. The fourth-order valence-electron chi connectivity index (χ4n) is 4.51. The molecule has 3 aromatic heterocycles. The van der Waals surface area contributed by atoms with Crippen molar-refractivity contribution in [1.29, 1.82) is 0 Å². The third-order valence-corrected chi connectivity index (χ3v) is 6.51. The summed E-state index contributed by atoms with van der Waals surface area (Å²) in [6.07, 6.45) is 3.52. The van der Waals surface area contributed by atoms with E-state index in [9.17, 15) is 8.78 Å². The van der Waals surface area contributed by atoms with Gasteiger partial charge in [0.15, 0.2) is 11.8 Å². The molecule has 1 unspecified atom stereocenters. The second kappa shape index (κ2) is 9.95. The first kappa shape index (κ1) is 24.7. The third kappa shape index (κ3) is 4.98. The first-order chi connectivity index (χ1) is 18.9. The molecule has 12 heteroatoms. The lowest BCUT2D eigenvalue weighted by atomic mass is 10.1. The number of alkyl halides is 2. The van der Waals surface area contributed by atoms with Gasteiger partial charge in [-0.05, 0) is 43.3 Å². The van der Waals surface area contributed by atoms with Crippen LogP contribution in [0.5, 0.6) is 23.0 Å². The summed E-state index contributed by atoms with van der Waals surface area (Å²) in [5, 5.41) is 10.6. The molecular weight excluding hydrogens is 508 g/mol. The first-order valence-electron chi connectivity index (χ1n) is 12.3. The summed E-state index contributed by atoms with van der Waals surface area (Å²) in [5.74, 6) is -0.645. The molecule has 10 nitrogen and oxygen atoms in total. The predicted octanol–water partition coefficient (Wildman–Crippen LogP) is 4.90. The van der Waals surface area contributed by atoms with Crippen molar-refractivity contribution in [2.75, 3.05) is 25.5 Å². The maximum atomic E-state index is 14.6. The molecule has 0 aliphatic carbocycles. The Labute approximate surface area is 222 Å². The highest BCUT2D eigenvalue weighted by Crippen LogP contribution is 2.39. The maximum Gasteiger partial charge on any atom is 0.296 e. The Bertz CT molecular complexity index is 1660. The van der Waals surface area contributed by atoms with E-state index in [0.29, 0.717) is 46.2 Å². The van der Waals surface area contributed by atoms with E-state index >= 15 is 0 Å². The molecule has 2 aromatic carbocycles. The molecule has 39 heavy (non-hydrogen) atoms. The number of piperidine rings is 1. The van der Waals surface area contributed by atoms with Gasteiger partial charge in [0.05, 0.1) is 24.6 Å². The minimum atomic E-state index is -3.03. The highest BCUT2D eigenvalue weighted by molar-refractivity contribution is 5.96. The number of methoxy groups -OCH3 is 1. The molecule has 2 N–H and O–H groups in total. The molecule has 1 atom stereocenters. The molecule has 0 bridgehead atoms. The van der Waals surface area contributed by atoms with Gasteiger partial charge >= 0.3 is 0 Å². The Balaban J connectivity index is 1.30. The number of nitrogens with one attached hydrogen (secondary N) is 2. The molecule has 0 amide bonds. The number of benzene rings is 2. The molecule has 0 spiro atoms. The molecule has 1 aliphatic rings. The van der Waals surface area contributed by atoms with Gasteiger partial charge in [-0.2, -0.15) is 5.10 Å². The van der Waals surface area contributed by atoms with Crippen LogP contribution in [-0.4, -0.2) is 56.8 Å². The van der Waals surface area contributed by atoms with Crippen molar-refractivity contribution in [1.82, 2.24) is 29.9 Å². The van der Waals surface area contributed by atoms with Crippen LogP contribution in [0.25, 0.3) is 16.6 Å². The SMILES string of the molecule is COc1cc(OC2CCNCC2(F)F)c2c(Nc3ccc(Oc4ccn5ncnc5c4)c(C)c3)ncnc2c1. The minimum Gasteiger partial charge on any atom is -0.497 e.